The summed E-state index contributed by atoms with van der Waals surface area (Å²) in [7, 11) is 1.74. The first kappa shape index (κ1) is 28.9. The van der Waals surface area contributed by atoms with Gasteiger partial charge < -0.3 is 9.84 Å². The number of hydrogen-bond acceptors (Lipinski definition) is 5. The minimum absolute atomic E-state index is 0.0658. The summed E-state index contributed by atoms with van der Waals surface area (Å²) >= 11 is 0. The molecule has 2 aromatic heterocycles. The summed E-state index contributed by atoms with van der Waals surface area (Å²) in [6, 6.07) is 13.1. The Bertz CT molecular complexity index is 1400. The third-order valence-corrected chi connectivity index (χ3v) is 10.7. The zero-order valence-corrected chi connectivity index (χ0v) is 25.7. The maximum absolute atomic E-state index is 14.2. The van der Waals surface area contributed by atoms with Gasteiger partial charge in [0.2, 0.25) is 5.91 Å². The van der Waals surface area contributed by atoms with Gasteiger partial charge in [-0.1, -0.05) is 12.1 Å². The number of methoxy groups -OCH3 is 1. The summed E-state index contributed by atoms with van der Waals surface area (Å²) in [5.74, 6) is 1.78. The SMILES string of the molecule is COc1ccc(C23CCC(CN(C(=O)C4CCC(O)CC4)c4cc(-c5ccn(C(C)C)n5)ccn4)(CC2)CC3)cc1C. The predicted molar refractivity (Wildman–Crippen MR) is 166 cm³/mol. The van der Waals surface area contributed by atoms with E-state index in [4.69, 9.17) is 14.8 Å². The van der Waals surface area contributed by atoms with Crippen LogP contribution in [0, 0.1) is 18.3 Å². The van der Waals surface area contributed by atoms with Gasteiger partial charge in [0.05, 0.1) is 18.9 Å². The molecule has 1 N–H and O–H groups in total. The second-order valence-electron chi connectivity index (χ2n) is 13.6. The molecule has 0 atom stereocenters. The van der Waals surface area contributed by atoms with E-state index < -0.39 is 0 Å². The van der Waals surface area contributed by atoms with Crippen LogP contribution in [0.25, 0.3) is 11.3 Å². The third kappa shape index (κ3) is 5.48. The highest BCUT2D eigenvalue weighted by Crippen LogP contribution is 2.58. The smallest absolute Gasteiger partial charge is 0.231 e. The molecule has 4 aliphatic rings. The van der Waals surface area contributed by atoms with Gasteiger partial charge in [0.15, 0.2) is 0 Å². The van der Waals surface area contributed by atoms with E-state index in [1.807, 2.05) is 34.1 Å². The van der Waals surface area contributed by atoms with E-state index in [2.05, 4.69) is 45.0 Å². The molecule has 4 aliphatic carbocycles. The zero-order valence-electron chi connectivity index (χ0n) is 25.7. The number of aromatic nitrogens is 3. The van der Waals surface area contributed by atoms with Crippen molar-refractivity contribution in [3.05, 3.63) is 59.9 Å². The van der Waals surface area contributed by atoms with Gasteiger partial charge in [0, 0.05) is 36.5 Å². The maximum atomic E-state index is 14.2. The number of benzene rings is 1. The summed E-state index contributed by atoms with van der Waals surface area (Å²) in [4.78, 5) is 21.0. The van der Waals surface area contributed by atoms with Crippen LogP contribution in [0.4, 0.5) is 5.82 Å². The molecule has 2 bridgehead atoms. The first-order valence-corrected chi connectivity index (χ1v) is 15.9. The Kier molecular flexibility index (Phi) is 7.90. The number of aliphatic hydroxyl groups is 1. The summed E-state index contributed by atoms with van der Waals surface area (Å²) in [6.07, 6.45) is 13.2. The molecule has 2 heterocycles. The molecule has 4 saturated carbocycles. The van der Waals surface area contributed by atoms with E-state index in [0.29, 0.717) is 19.4 Å². The fourth-order valence-electron chi connectivity index (χ4n) is 7.80. The van der Waals surface area contributed by atoms with Gasteiger partial charge in [-0.2, -0.15) is 5.10 Å². The van der Waals surface area contributed by atoms with Gasteiger partial charge in [-0.3, -0.25) is 14.4 Å². The zero-order chi connectivity index (χ0) is 29.5. The standard InChI is InChI=1S/C35H46N4O3/c1-24(2)39-20-12-30(37-39)27-11-19-36-32(22-27)38(33(41)26-5-8-29(40)9-6-26)23-34-13-16-35(17-14-34,18-15-34)28-7-10-31(42-4)25(3)21-28/h7,10-12,19-22,24,26,29,40H,5-6,8-9,13-18,23H2,1-4H3. The van der Waals surface area contributed by atoms with Crippen molar-refractivity contribution >= 4 is 11.7 Å². The van der Waals surface area contributed by atoms with Gasteiger partial charge in [0.25, 0.3) is 0 Å². The number of carbonyl (C=O) groups excluding carboxylic acids is 1. The fourth-order valence-corrected chi connectivity index (χ4v) is 7.80. The highest BCUT2D eigenvalue weighted by atomic mass is 16.5. The predicted octanol–water partition coefficient (Wildman–Crippen LogP) is 7.02. The molecule has 7 nitrogen and oxygen atoms in total. The van der Waals surface area contributed by atoms with Crippen molar-refractivity contribution in [2.75, 3.05) is 18.6 Å². The Labute approximate surface area is 250 Å². The number of hydrogen-bond donors (Lipinski definition) is 1. The van der Waals surface area contributed by atoms with Crippen molar-refractivity contribution in [3.63, 3.8) is 0 Å². The van der Waals surface area contributed by atoms with Gasteiger partial charge in [-0.15, -0.1) is 0 Å². The van der Waals surface area contributed by atoms with Crippen LogP contribution in [-0.2, 0) is 10.2 Å². The van der Waals surface area contributed by atoms with Gasteiger partial charge in [-0.25, -0.2) is 4.98 Å². The van der Waals surface area contributed by atoms with Crippen LogP contribution in [0.15, 0.2) is 48.8 Å². The highest BCUT2D eigenvalue weighted by molar-refractivity contribution is 5.94. The first-order chi connectivity index (χ1) is 20.2. The van der Waals surface area contributed by atoms with Crippen molar-refractivity contribution in [1.82, 2.24) is 14.8 Å². The molecule has 1 aromatic carbocycles. The number of amides is 1. The number of aliphatic hydroxyl groups excluding tert-OH is 1. The summed E-state index contributed by atoms with van der Waals surface area (Å²) in [5.41, 5.74) is 4.84. The summed E-state index contributed by atoms with van der Waals surface area (Å²) < 4.78 is 7.49. The van der Waals surface area contributed by atoms with Crippen LogP contribution < -0.4 is 9.64 Å². The first-order valence-electron chi connectivity index (χ1n) is 15.9. The molecule has 0 spiro atoms. The lowest BCUT2D eigenvalue weighted by Crippen LogP contribution is -2.52. The molecule has 3 aromatic rings. The van der Waals surface area contributed by atoms with Crippen LogP contribution >= 0.6 is 0 Å². The van der Waals surface area contributed by atoms with Crippen molar-refractivity contribution in [1.29, 1.82) is 0 Å². The largest absolute Gasteiger partial charge is 0.496 e. The van der Waals surface area contributed by atoms with Crippen LogP contribution in [0.2, 0.25) is 0 Å². The molecule has 7 heteroatoms. The van der Waals surface area contributed by atoms with Crippen LogP contribution in [-0.4, -0.2) is 45.5 Å². The number of nitrogens with zero attached hydrogens (tertiary/aromatic N) is 4. The van der Waals surface area contributed by atoms with Crippen LogP contribution in [0.3, 0.4) is 0 Å². The van der Waals surface area contributed by atoms with Crippen molar-refractivity contribution in [2.45, 2.75) is 103 Å². The Balaban J connectivity index is 1.27. The third-order valence-electron chi connectivity index (χ3n) is 10.7. The lowest BCUT2D eigenvalue weighted by Gasteiger charge is -2.55. The lowest BCUT2D eigenvalue weighted by atomic mass is 9.51. The van der Waals surface area contributed by atoms with E-state index in [1.54, 1.807) is 7.11 Å². The topological polar surface area (TPSA) is 80.5 Å². The summed E-state index contributed by atoms with van der Waals surface area (Å²) in [5, 5.41) is 14.9. The lowest BCUT2D eigenvalue weighted by molar-refractivity contribution is -0.124. The Morgan fingerprint density at radius 1 is 1.05 bits per heavy atom. The summed E-state index contributed by atoms with van der Waals surface area (Å²) in [6.45, 7) is 7.08. The molecule has 224 valence electrons. The number of carbonyl (C=O) groups is 1. The molecule has 0 saturated heterocycles. The molecule has 7 rings (SSSR count). The van der Waals surface area contributed by atoms with E-state index in [9.17, 15) is 9.90 Å². The normalized spacial score (nSPS) is 27.3. The van der Waals surface area contributed by atoms with Crippen molar-refractivity contribution in [3.8, 4) is 17.0 Å². The Morgan fingerprint density at radius 3 is 2.38 bits per heavy atom. The second-order valence-corrected chi connectivity index (χ2v) is 13.6. The van der Waals surface area contributed by atoms with Crippen LogP contribution in [0.1, 0.15) is 95.2 Å². The number of aryl methyl sites for hydroxylation is 1. The highest BCUT2D eigenvalue weighted by Gasteiger charge is 2.50. The van der Waals surface area contributed by atoms with E-state index in [-0.39, 0.29) is 34.8 Å². The number of ether oxygens (including phenoxy) is 1. The second kappa shape index (κ2) is 11.5. The van der Waals surface area contributed by atoms with Crippen LogP contribution in [0.5, 0.6) is 5.75 Å². The molecule has 0 radical (unpaired) electrons. The molecule has 0 aliphatic heterocycles. The number of rotatable bonds is 8. The number of fused-ring (bicyclic) bond motifs is 3. The Hall–Kier alpha value is -3.19. The molecular weight excluding hydrogens is 524 g/mol. The number of pyridine rings is 1. The Morgan fingerprint density at radius 2 is 1.76 bits per heavy atom. The molecule has 4 fully saturated rings. The van der Waals surface area contributed by atoms with E-state index in [0.717, 1.165) is 74.2 Å². The average Bonchev–Trinajstić information content (AvgIpc) is 3.52. The van der Waals surface area contributed by atoms with E-state index >= 15 is 0 Å². The monoisotopic (exact) mass is 570 g/mol. The number of anilines is 1. The quantitative estimate of drug-likeness (QED) is 0.315. The molecule has 1 amide bonds. The van der Waals surface area contributed by atoms with Crippen molar-refractivity contribution in [2.24, 2.45) is 11.3 Å². The van der Waals surface area contributed by atoms with Crippen molar-refractivity contribution < 1.29 is 14.6 Å². The van der Waals surface area contributed by atoms with Gasteiger partial charge in [0.1, 0.15) is 11.6 Å². The minimum atomic E-state index is -0.287. The maximum Gasteiger partial charge on any atom is 0.231 e. The molecule has 42 heavy (non-hydrogen) atoms. The fraction of sp³-hybridized carbons (Fsp3) is 0.571. The average molecular weight is 571 g/mol. The van der Waals surface area contributed by atoms with E-state index in [1.165, 1.54) is 11.1 Å². The van der Waals surface area contributed by atoms with Gasteiger partial charge >= 0.3 is 0 Å². The van der Waals surface area contributed by atoms with Gasteiger partial charge in [-0.05, 0) is 131 Å². The minimum Gasteiger partial charge on any atom is -0.496 e. The molecular formula is C35H46N4O3. The molecule has 0 unspecified atom stereocenters.